The lowest BCUT2D eigenvalue weighted by Gasteiger charge is -2.39. The molecular formula is C16H23FN2O. The fraction of sp³-hybridized carbons (Fsp3) is 0.625. The van der Waals surface area contributed by atoms with Crippen molar-refractivity contribution in [2.45, 2.75) is 38.3 Å². The smallest absolute Gasteiger partial charge is 0.124 e. The minimum atomic E-state index is -0.241. The number of benzene rings is 1. The van der Waals surface area contributed by atoms with Crippen molar-refractivity contribution in [1.82, 2.24) is 4.90 Å². The van der Waals surface area contributed by atoms with Gasteiger partial charge in [-0.05, 0) is 44.5 Å². The molecular weight excluding hydrogens is 255 g/mol. The van der Waals surface area contributed by atoms with Crippen LogP contribution in [0.5, 0.6) is 5.75 Å². The topological polar surface area (TPSA) is 38.5 Å². The van der Waals surface area contributed by atoms with Crippen LogP contribution in [0.2, 0.25) is 0 Å². The van der Waals surface area contributed by atoms with Crippen LogP contribution in [-0.2, 0) is 0 Å². The SMILES string of the molecule is CC1CCCCN1CC1COc2ccc(F)cc2C1N. The molecule has 0 amide bonds. The highest BCUT2D eigenvalue weighted by Gasteiger charge is 2.31. The van der Waals surface area contributed by atoms with Gasteiger partial charge in [-0.25, -0.2) is 4.39 Å². The van der Waals surface area contributed by atoms with Crippen LogP contribution in [-0.4, -0.2) is 30.6 Å². The van der Waals surface area contributed by atoms with Crippen molar-refractivity contribution in [3.63, 3.8) is 0 Å². The molecule has 4 heteroatoms. The van der Waals surface area contributed by atoms with Crippen molar-refractivity contribution in [3.05, 3.63) is 29.6 Å². The number of piperidine rings is 1. The molecule has 3 rings (SSSR count). The van der Waals surface area contributed by atoms with Gasteiger partial charge in [0.2, 0.25) is 0 Å². The molecule has 1 fully saturated rings. The zero-order valence-electron chi connectivity index (χ0n) is 12.0. The van der Waals surface area contributed by atoms with E-state index < -0.39 is 0 Å². The maximum atomic E-state index is 13.4. The van der Waals surface area contributed by atoms with Crippen molar-refractivity contribution in [2.24, 2.45) is 11.7 Å². The molecule has 0 aliphatic carbocycles. The molecule has 0 saturated carbocycles. The summed E-state index contributed by atoms with van der Waals surface area (Å²) < 4.78 is 19.2. The Kier molecular flexibility index (Phi) is 3.94. The number of likely N-dealkylation sites (tertiary alicyclic amines) is 1. The number of ether oxygens (including phenoxy) is 1. The van der Waals surface area contributed by atoms with E-state index in [0.29, 0.717) is 12.6 Å². The van der Waals surface area contributed by atoms with Gasteiger partial charge in [0.25, 0.3) is 0 Å². The fourth-order valence-electron chi connectivity index (χ4n) is 3.36. The third-order valence-corrected chi connectivity index (χ3v) is 4.70. The Morgan fingerprint density at radius 1 is 1.40 bits per heavy atom. The molecule has 1 saturated heterocycles. The Hall–Kier alpha value is -1.13. The van der Waals surface area contributed by atoms with Gasteiger partial charge in [0, 0.05) is 30.1 Å². The first kappa shape index (κ1) is 13.8. The zero-order valence-corrected chi connectivity index (χ0v) is 12.0. The molecule has 20 heavy (non-hydrogen) atoms. The Morgan fingerprint density at radius 2 is 2.25 bits per heavy atom. The van der Waals surface area contributed by atoms with Gasteiger partial charge in [0.1, 0.15) is 11.6 Å². The van der Waals surface area contributed by atoms with E-state index in [-0.39, 0.29) is 17.8 Å². The van der Waals surface area contributed by atoms with E-state index in [1.807, 2.05) is 0 Å². The molecule has 0 aromatic heterocycles. The van der Waals surface area contributed by atoms with Crippen molar-refractivity contribution in [3.8, 4) is 5.75 Å². The predicted octanol–water partition coefficient (Wildman–Crippen LogP) is 2.71. The second-order valence-corrected chi connectivity index (χ2v) is 6.12. The Labute approximate surface area is 119 Å². The Morgan fingerprint density at radius 3 is 3.05 bits per heavy atom. The lowest BCUT2D eigenvalue weighted by Crippen LogP contribution is -2.45. The minimum absolute atomic E-state index is 0.136. The summed E-state index contributed by atoms with van der Waals surface area (Å²) >= 11 is 0. The van der Waals surface area contributed by atoms with Crippen LogP contribution in [0.3, 0.4) is 0 Å². The Bertz CT molecular complexity index is 480. The molecule has 1 aromatic rings. The number of halogens is 1. The number of hydrogen-bond acceptors (Lipinski definition) is 3. The second-order valence-electron chi connectivity index (χ2n) is 6.12. The maximum Gasteiger partial charge on any atom is 0.124 e. The predicted molar refractivity (Wildman–Crippen MR) is 77.2 cm³/mol. The average molecular weight is 278 g/mol. The van der Waals surface area contributed by atoms with E-state index in [1.165, 1.54) is 31.4 Å². The van der Waals surface area contributed by atoms with Gasteiger partial charge < -0.3 is 15.4 Å². The van der Waals surface area contributed by atoms with Crippen molar-refractivity contribution in [1.29, 1.82) is 0 Å². The molecule has 2 aliphatic heterocycles. The molecule has 110 valence electrons. The number of nitrogens with zero attached hydrogens (tertiary/aromatic N) is 1. The van der Waals surface area contributed by atoms with Crippen molar-refractivity contribution in [2.75, 3.05) is 19.7 Å². The van der Waals surface area contributed by atoms with Crippen LogP contribution in [0.4, 0.5) is 4.39 Å². The lowest BCUT2D eigenvalue weighted by atomic mass is 9.89. The molecule has 2 N–H and O–H groups in total. The van der Waals surface area contributed by atoms with E-state index in [0.717, 1.165) is 24.4 Å². The first-order valence-corrected chi connectivity index (χ1v) is 7.57. The summed E-state index contributed by atoms with van der Waals surface area (Å²) in [6.45, 7) is 4.99. The summed E-state index contributed by atoms with van der Waals surface area (Å²) in [5.74, 6) is 0.737. The first-order valence-electron chi connectivity index (χ1n) is 7.57. The first-order chi connectivity index (χ1) is 9.65. The second kappa shape index (κ2) is 5.70. The van der Waals surface area contributed by atoms with Crippen molar-refractivity contribution >= 4 is 0 Å². The number of nitrogens with two attached hydrogens (primary N) is 1. The van der Waals surface area contributed by atoms with Gasteiger partial charge in [-0.2, -0.15) is 0 Å². The quantitative estimate of drug-likeness (QED) is 0.904. The summed E-state index contributed by atoms with van der Waals surface area (Å²) in [7, 11) is 0. The molecule has 0 radical (unpaired) electrons. The summed E-state index contributed by atoms with van der Waals surface area (Å²) in [5.41, 5.74) is 7.16. The third-order valence-electron chi connectivity index (χ3n) is 4.70. The van der Waals surface area contributed by atoms with E-state index in [4.69, 9.17) is 10.5 Å². The van der Waals surface area contributed by atoms with Crippen LogP contribution < -0.4 is 10.5 Å². The molecule has 0 bridgehead atoms. The highest BCUT2D eigenvalue weighted by Crippen LogP contribution is 2.35. The minimum Gasteiger partial charge on any atom is -0.493 e. The molecule has 0 spiro atoms. The van der Waals surface area contributed by atoms with Gasteiger partial charge >= 0.3 is 0 Å². The van der Waals surface area contributed by atoms with Gasteiger partial charge in [0.05, 0.1) is 6.61 Å². The maximum absolute atomic E-state index is 13.4. The van der Waals surface area contributed by atoms with Crippen molar-refractivity contribution < 1.29 is 9.13 Å². The highest BCUT2D eigenvalue weighted by molar-refractivity contribution is 5.38. The molecule has 3 unspecified atom stereocenters. The lowest BCUT2D eigenvalue weighted by molar-refractivity contribution is 0.0939. The molecule has 3 atom stereocenters. The fourth-order valence-corrected chi connectivity index (χ4v) is 3.36. The molecule has 3 nitrogen and oxygen atoms in total. The summed E-state index contributed by atoms with van der Waals surface area (Å²) in [4.78, 5) is 2.50. The van der Waals surface area contributed by atoms with Crippen LogP contribution in [0, 0.1) is 11.7 Å². The molecule has 2 heterocycles. The van der Waals surface area contributed by atoms with Crippen LogP contribution in [0.25, 0.3) is 0 Å². The van der Waals surface area contributed by atoms with E-state index in [2.05, 4.69) is 11.8 Å². The van der Waals surface area contributed by atoms with Gasteiger partial charge in [-0.3, -0.25) is 0 Å². The van der Waals surface area contributed by atoms with Gasteiger partial charge in [0.15, 0.2) is 0 Å². The number of fused-ring (bicyclic) bond motifs is 1. The molecule has 1 aromatic carbocycles. The van der Waals surface area contributed by atoms with Crippen LogP contribution in [0.1, 0.15) is 37.8 Å². The molecule has 2 aliphatic rings. The van der Waals surface area contributed by atoms with Gasteiger partial charge in [-0.15, -0.1) is 0 Å². The summed E-state index contributed by atoms with van der Waals surface area (Å²) in [6, 6.07) is 5.11. The van der Waals surface area contributed by atoms with Gasteiger partial charge in [-0.1, -0.05) is 6.42 Å². The standard InChI is InChI=1S/C16H23FN2O/c1-11-4-2-3-7-19(11)9-12-10-20-15-6-5-13(17)8-14(15)16(12)18/h5-6,8,11-12,16H,2-4,7,9-10,18H2,1H3. The Balaban J connectivity index is 1.73. The summed E-state index contributed by atoms with van der Waals surface area (Å²) in [6.07, 6.45) is 3.84. The zero-order chi connectivity index (χ0) is 14.1. The monoisotopic (exact) mass is 278 g/mol. The average Bonchev–Trinajstić information content (AvgIpc) is 2.45. The van der Waals surface area contributed by atoms with E-state index in [1.54, 1.807) is 6.07 Å². The number of rotatable bonds is 2. The van der Waals surface area contributed by atoms with E-state index >= 15 is 0 Å². The normalized spacial score (nSPS) is 30.6. The van der Waals surface area contributed by atoms with E-state index in [9.17, 15) is 4.39 Å². The van der Waals surface area contributed by atoms with Crippen LogP contribution >= 0.6 is 0 Å². The highest BCUT2D eigenvalue weighted by atomic mass is 19.1. The van der Waals surface area contributed by atoms with Crippen LogP contribution in [0.15, 0.2) is 18.2 Å². The third kappa shape index (κ3) is 2.67. The largest absolute Gasteiger partial charge is 0.493 e. The summed E-state index contributed by atoms with van der Waals surface area (Å²) in [5, 5.41) is 0. The number of hydrogen-bond donors (Lipinski definition) is 1.